The molecule has 5 nitrogen and oxygen atoms in total. The summed E-state index contributed by atoms with van der Waals surface area (Å²) in [6, 6.07) is 4.98. The molecule has 0 saturated heterocycles. The van der Waals surface area contributed by atoms with Gasteiger partial charge in [-0.2, -0.15) is 0 Å². The molecule has 2 heterocycles. The van der Waals surface area contributed by atoms with Crippen molar-refractivity contribution in [2.75, 3.05) is 5.73 Å². The lowest BCUT2D eigenvalue weighted by atomic mass is 10.1. The fourth-order valence-electron chi connectivity index (χ4n) is 1.65. The highest BCUT2D eigenvalue weighted by atomic mass is 35.5. The van der Waals surface area contributed by atoms with Gasteiger partial charge in [-0.05, 0) is 30.7 Å². The number of carbonyl (C=O) groups excluding carboxylic acids is 1. The minimum Gasteiger partial charge on any atom is -0.397 e. The van der Waals surface area contributed by atoms with E-state index in [0.29, 0.717) is 11.3 Å². The Labute approximate surface area is 115 Å². The fourth-order valence-corrected chi connectivity index (χ4v) is 1.80. The van der Waals surface area contributed by atoms with Gasteiger partial charge in [0.2, 0.25) is 0 Å². The molecule has 0 radical (unpaired) electrons. The van der Waals surface area contributed by atoms with Gasteiger partial charge < -0.3 is 11.1 Å². The van der Waals surface area contributed by atoms with Crippen molar-refractivity contribution in [3.63, 3.8) is 0 Å². The van der Waals surface area contributed by atoms with E-state index in [1.807, 2.05) is 19.1 Å². The number of amides is 1. The van der Waals surface area contributed by atoms with Gasteiger partial charge >= 0.3 is 0 Å². The number of nitrogen functional groups attached to an aromatic ring is 1. The number of nitrogens with zero attached hydrogens (tertiary/aromatic N) is 2. The Bertz CT molecular complexity index is 588. The predicted octanol–water partition coefficient (Wildman–Crippen LogP) is 2.20. The van der Waals surface area contributed by atoms with E-state index in [9.17, 15) is 4.79 Å². The average molecular weight is 277 g/mol. The second kappa shape index (κ2) is 5.67. The van der Waals surface area contributed by atoms with Crippen LogP contribution in [-0.4, -0.2) is 15.9 Å². The molecule has 19 heavy (non-hydrogen) atoms. The van der Waals surface area contributed by atoms with E-state index in [1.165, 1.54) is 12.3 Å². The van der Waals surface area contributed by atoms with Crippen molar-refractivity contribution in [3.05, 3.63) is 53.1 Å². The molecule has 1 atom stereocenters. The molecule has 0 aliphatic rings. The summed E-state index contributed by atoms with van der Waals surface area (Å²) >= 11 is 5.76. The Kier molecular flexibility index (Phi) is 3.97. The first-order valence-electron chi connectivity index (χ1n) is 5.69. The molecule has 2 rings (SSSR count). The van der Waals surface area contributed by atoms with Crippen LogP contribution >= 0.6 is 11.6 Å². The number of nitrogens with one attached hydrogen (secondary N) is 1. The van der Waals surface area contributed by atoms with Gasteiger partial charge in [-0.1, -0.05) is 11.6 Å². The van der Waals surface area contributed by atoms with Gasteiger partial charge in [0.1, 0.15) is 5.15 Å². The lowest BCUT2D eigenvalue weighted by molar-refractivity contribution is 0.0940. The summed E-state index contributed by atoms with van der Waals surface area (Å²) < 4.78 is 0. The zero-order valence-corrected chi connectivity index (χ0v) is 11.1. The van der Waals surface area contributed by atoms with Crippen LogP contribution in [0.25, 0.3) is 0 Å². The molecule has 0 aromatic carbocycles. The van der Waals surface area contributed by atoms with E-state index in [-0.39, 0.29) is 17.1 Å². The van der Waals surface area contributed by atoms with Gasteiger partial charge in [-0.25, -0.2) is 4.98 Å². The molecule has 6 heteroatoms. The zero-order valence-electron chi connectivity index (χ0n) is 10.3. The number of halogens is 1. The molecule has 3 N–H and O–H groups in total. The molecule has 0 bridgehead atoms. The summed E-state index contributed by atoms with van der Waals surface area (Å²) in [7, 11) is 0. The van der Waals surface area contributed by atoms with Crippen molar-refractivity contribution < 1.29 is 4.79 Å². The number of hydrogen-bond acceptors (Lipinski definition) is 4. The highest BCUT2D eigenvalue weighted by Gasteiger charge is 2.14. The van der Waals surface area contributed by atoms with Gasteiger partial charge in [-0.3, -0.25) is 9.78 Å². The first-order valence-corrected chi connectivity index (χ1v) is 6.07. The van der Waals surface area contributed by atoms with Gasteiger partial charge in [0, 0.05) is 12.4 Å². The topological polar surface area (TPSA) is 80.9 Å². The quantitative estimate of drug-likeness (QED) is 0.842. The summed E-state index contributed by atoms with van der Waals surface area (Å²) in [4.78, 5) is 19.9. The fraction of sp³-hybridized carbons (Fsp3) is 0.154. The van der Waals surface area contributed by atoms with Crippen LogP contribution in [0.15, 0.2) is 36.8 Å². The average Bonchev–Trinajstić information content (AvgIpc) is 2.42. The van der Waals surface area contributed by atoms with Crippen LogP contribution in [0.5, 0.6) is 0 Å². The second-order valence-corrected chi connectivity index (χ2v) is 4.46. The highest BCUT2D eigenvalue weighted by molar-refractivity contribution is 6.29. The molecular weight excluding hydrogens is 264 g/mol. The third-order valence-corrected chi connectivity index (χ3v) is 2.91. The number of anilines is 1. The standard InChI is InChI=1S/C13H13ClN4O/c1-8(9-2-4-16-5-3-9)18-13(19)10-6-12(14)17-7-11(10)15/h2-8H,15H2,1H3,(H,18,19). The maximum Gasteiger partial charge on any atom is 0.254 e. The monoisotopic (exact) mass is 276 g/mol. The van der Waals surface area contributed by atoms with Crippen molar-refractivity contribution in [2.24, 2.45) is 0 Å². The van der Waals surface area contributed by atoms with E-state index in [1.54, 1.807) is 12.4 Å². The Balaban J connectivity index is 2.15. The van der Waals surface area contributed by atoms with Gasteiger partial charge in [0.05, 0.1) is 23.5 Å². The number of hydrogen-bond donors (Lipinski definition) is 2. The summed E-state index contributed by atoms with van der Waals surface area (Å²) in [5.41, 5.74) is 7.29. The van der Waals surface area contributed by atoms with Crippen LogP contribution in [-0.2, 0) is 0 Å². The van der Waals surface area contributed by atoms with E-state index >= 15 is 0 Å². The lowest BCUT2D eigenvalue weighted by Crippen LogP contribution is -2.27. The van der Waals surface area contributed by atoms with Crippen molar-refractivity contribution in [2.45, 2.75) is 13.0 Å². The molecule has 0 fully saturated rings. The highest BCUT2D eigenvalue weighted by Crippen LogP contribution is 2.17. The first kappa shape index (κ1) is 13.3. The summed E-state index contributed by atoms with van der Waals surface area (Å²) in [6.07, 6.45) is 4.72. The molecule has 2 aromatic heterocycles. The smallest absolute Gasteiger partial charge is 0.254 e. The van der Waals surface area contributed by atoms with E-state index in [0.717, 1.165) is 5.56 Å². The number of nitrogens with two attached hydrogens (primary N) is 1. The van der Waals surface area contributed by atoms with E-state index in [4.69, 9.17) is 17.3 Å². The predicted molar refractivity (Wildman–Crippen MR) is 73.8 cm³/mol. The number of aromatic nitrogens is 2. The molecule has 0 aliphatic carbocycles. The molecule has 2 aromatic rings. The maximum atomic E-state index is 12.1. The summed E-state index contributed by atoms with van der Waals surface area (Å²) in [5, 5.41) is 3.08. The number of rotatable bonds is 3. The molecule has 1 amide bonds. The molecule has 98 valence electrons. The number of carbonyl (C=O) groups is 1. The lowest BCUT2D eigenvalue weighted by Gasteiger charge is -2.14. The molecule has 0 saturated carbocycles. The first-order chi connectivity index (χ1) is 9.08. The van der Waals surface area contributed by atoms with Crippen LogP contribution < -0.4 is 11.1 Å². The van der Waals surface area contributed by atoms with Crippen molar-refractivity contribution in [1.82, 2.24) is 15.3 Å². The SMILES string of the molecule is CC(NC(=O)c1cc(Cl)ncc1N)c1ccncc1. The zero-order chi connectivity index (χ0) is 13.8. The van der Waals surface area contributed by atoms with Gasteiger partial charge in [0.25, 0.3) is 5.91 Å². The summed E-state index contributed by atoms with van der Waals surface area (Å²) in [5.74, 6) is -0.286. The molecule has 0 aliphatic heterocycles. The Morgan fingerprint density at radius 3 is 2.79 bits per heavy atom. The van der Waals surface area contributed by atoms with Gasteiger partial charge in [-0.15, -0.1) is 0 Å². The Morgan fingerprint density at radius 1 is 1.42 bits per heavy atom. The minimum atomic E-state index is -0.286. The second-order valence-electron chi connectivity index (χ2n) is 4.07. The van der Waals surface area contributed by atoms with Crippen LogP contribution in [0.3, 0.4) is 0 Å². The molecule has 1 unspecified atom stereocenters. The summed E-state index contributed by atoms with van der Waals surface area (Å²) in [6.45, 7) is 1.88. The van der Waals surface area contributed by atoms with Crippen molar-refractivity contribution >= 4 is 23.2 Å². The van der Waals surface area contributed by atoms with E-state index in [2.05, 4.69) is 15.3 Å². The van der Waals surface area contributed by atoms with Gasteiger partial charge in [0.15, 0.2) is 0 Å². The van der Waals surface area contributed by atoms with E-state index < -0.39 is 0 Å². The van der Waals surface area contributed by atoms with Crippen molar-refractivity contribution in [1.29, 1.82) is 0 Å². The van der Waals surface area contributed by atoms with Crippen LogP contribution in [0, 0.1) is 0 Å². The number of pyridine rings is 2. The third-order valence-electron chi connectivity index (χ3n) is 2.70. The van der Waals surface area contributed by atoms with Crippen LogP contribution in [0.2, 0.25) is 5.15 Å². The van der Waals surface area contributed by atoms with Crippen LogP contribution in [0.4, 0.5) is 5.69 Å². The Hall–Kier alpha value is -2.14. The van der Waals surface area contributed by atoms with Crippen LogP contribution in [0.1, 0.15) is 28.9 Å². The normalized spacial score (nSPS) is 11.9. The van der Waals surface area contributed by atoms with Crippen molar-refractivity contribution in [3.8, 4) is 0 Å². The Morgan fingerprint density at radius 2 is 2.11 bits per heavy atom. The largest absolute Gasteiger partial charge is 0.397 e. The molecule has 0 spiro atoms. The maximum absolute atomic E-state index is 12.1. The molecular formula is C13H13ClN4O. The third kappa shape index (κ3) is 3.20. The minimum absolute atomic E-state index is 0.151.